The zero-order valence-corrected chi connectivity index (χ0v) is 8.89. The van der Waals surface area contributed by atoms with Crippen molar-refractivity contribution < 1.29 is 4.79 Å². The lowest BCUT2D eigenvalue weighted by molar-refractivity contribution is -0.143. The van der Waals surface area contributed by atoms with Gasteiger partial charge in [0, 0.05) is 12.7 Å². The number of likely N-dealkylation sites (tertiary alicyclic amines) is 1. The highest BCUT2D eigenvalue weighted by Crippen LogP contribution is 2.21. The molecule has 0 radical (unpaired) electrons. The van der Waals surface area contributed by atoms with Gasteiger partial charge in [0.05, 0.1) is 5.92 Å². The molecule has 1 unspecified atom stereocenters. The summed E-state index contributed by atoms with van der Waals surface area (Å²) in [5.41, 5.74) is 1.13. The van der Waals surface area contributed by atoms with Crippen LogP contribution >= 0.6 is 0 Å². The van der Waals surface area contributed by atoms with Crippen LogP contribution in [0.25, 0.3) is 6.08 Å². The molecule has 0 spiro atoms. The number of rotatable bonds is 3. The van der Waals surface area contributed by atoms with Crippen LogP contribution in [0.5, 0.6) is 0 Å². The van der Waals surface area contributed by atoms with Gasteiger partial charge in [-0.25, -0.2) is 0 Å². The van der Waals surface area contributed by atoms with Crippen molar-refractivity contribution in [1.29, 1.82) is 0 Å². The molecule has 1 saturated heterocycles. The van der Waals surface area contributed by atoms with Crippen molar-refractivity contribution in [3.8, 4) is 0 Å². The van der Waals surface area contributed by atoms with E-state index < -0.39 is 0 Å². The first-order chi connectivity index (χ1) is 7.31. The van der Waals surface area contributed by atoms with Crippen LogP contribution in [0.4, 0.5) is 0 Å². The fourth-order valence-corrected chi connectivity index (χ4v) is 1.71. The van der Waals surface area contributed by atoms with E-state index in [-0.39, 0.29) is 11.8 Å². The smallest absolute Gasteiger partial charge is 0.231 e. The van der Waals surface area contributed by atoms with Crippen molar-refractivity contribution >= 4 is 12.0 Å². The minimum Gasteiger partial charge on any atom is -0.318 e. The highest BCUT2D eigenvalue weighted by Gasteiger charge is 2.33. The van der Waals surface area contributed by atoms with E-state index in [0.29, 0.717) is 0 Å². The summed E-state index contributed by atoms with van der Waals surface area (Å²) in [7, 11) is 0. The third-order valence-electron chi connectivity index (χ3n) is 2.79. The standard InChI is InChI=1S/C13H15NO/c1-2-12-10-14(13(12)15)9-8-11-6-4-3-5-7-11/h3-9,12H,2,10H2,1H3. The second kappa shape index (κ2) is 4.30. The van der Waals surface area contributed by atoms with Crippen LogP contribution in [0.3, 0.4) is 0 Å². The molecule has 0 N–H and O–H groups in total. The number of hydrogen-bond acceptors (Lipinski definition) is 1. The molecule has 1 atom stereocenters. The highest BCUT2D eigenvalue weighted by atomic mass is 16.2. The lowest BCUT2D eigenvalue weighted by atomic mass is 9.96. The molecule has 15 heavy (non-hydrogen) atoms. The van der Waals surface area contributed by atoms with E-state index in [1.54, 1.807) is 4.90 Å². The summed E-state index contributed by atoms with van der Waals surface area (Å²) in [5.74, 6) is 0.509. The Morgan fingerprint density at radius 1 is 1.40 bits per heavy atom. The largest absolute Gasteiger partial charge is 0.318 e. The molecule has 1 aromatic carbocycles. The maximum atomic E-state index is 11.5. The second-order valence-corrected chi connectivity index (χ2v) is 3.82. The number of β-lactam (4-membered cyclic amide) rings is 1. The minimum atomic E-state index is 0.254. The normalized spacial score (nSPS) is 20.7. The van der Waals surface area contributed by atoms with Gasteiger partial charge in [0.2, 0.25) is 5.91 Å². The molecule has 1 aromatic rings. The van der Waals surface area contributed by atoms with Crippen LogP contribution in [-0.4, -0.2) is 17.4 Å². The maximum absolute atomic E-state index is 11.5. The number of hydrogen-bond donors (Lipinski definition) is 0. The maximum Gasteiger partial charge on any atom is 0.231 e. The quantitative estimate of drug-likeness (QED) is 0.688. The van der Waals surface area contributed by atoms with Crippen molar-refractivity contribution in [2.24, 2.45) is 5.92 Å². The summed E-state index contributed by atoms with van der Waals surface area (Å²) in [6.07, 6.45) is 4.81. The summed E-state index contributed by atoms with van der Waals surface area (Å²) in [6, 6.07) is 10.0. The van der Waals surface area contributed by atoms with Gasteiger partial charge in [-0.2, -0.15) is 0 Å². The molecule has 1 amide bonds. The Hall–Kier alpha value is -1.57. The SMILES string of the molecule is CCC1CN(C=Cc2ccccc2)C1=O. The van der Waals surface area contributed by atoms with Gasteiger partial charge in [-0.1, -0.05) is 37.3 Å². The zero-order chi connectivity index (χ0) is 10.7. The Morgan fingerprint density at radius 2 is 2.13 bits per heavy atom. The number of carbonyl (C=O) groups is 1. The molecule has 1 aliphatic heterocycles. The lowest BCUT2D eigenvalue weighted by Crippen LogP contribution is -2.48. The van der Waals surface area contributed by atoms with E-state index in [4.69, 9.17) is 0 Å². The van der Waals surface area contributed by atoms with Crippen LogP contribution in [0, 0.1) is 5.92 Å². The molecule has 0 aliphatic carbocycles. The Labute approximate surface area is 90.2 Å². The molecule has 78 valence electrons. The van der Waals surface area contributed by atoms with Gasteiger partial charge >= 0.3 is 0 Å². The first-order valence-electron chi connectivity index (χ1n) is 5.35. The number of amides is 1. The van der Waals surface area contributed by atoms with Crippen molar-refractivity contribution in [2.45, 2.75) is 13.3 Å². The Balaban J connectivity index is 1.94. The van der Waals surface area contributed by atoms with E-state index in [1.807, 2.05) is 42.6 Å². The molecule has 2 nitrogen and oxygen atoms in total. The van der Waals surface area contributed by atoms with Gasteiger partial charge in [-0.05, 0) is 18.1 Å². The first kappa shape index (κ1) is 9.97. The summed E-state index contributed by atoms with van der Waals surface area (Å²) >= 11 is 0. The highest BCUT2D eigenvalue weighted by molar-refractivity contribution is 5.86. The zero-order valence-electron chi connectivity index (χ0n) is 8.89. The number of nitrogens with zero attached hydrogens (tertiary/aromatic N) is 1. The van der Waals surface area contributed by atoms with Crippen molar-refractivity contribution in [2.75, 3.05) is 6.54 Å². The van der Waals surface area contributed by atoms with E-state index >= 15 is 0 Å². The van der Waals surface area contributed by atoms with Crippen molar-refractivity contribution in [1.82, 2.24) is 4.90 Å². The fraction of sp³-hybridized carbons (Fsp3) is 0.308. The van der Waals surface area contributed by atoms with Crippen LogP contribution in [0.1, 0.15) is 18.9 Å². The van der Waals surface area contributed by atoms with Crippen molar-refractivity contribution in [3.05, 3.63) is 42.1 Å². The minimum absolute atomic E-state index is 0.254. The molecule has 2 heteroatoms. The first-order valence-corrected chi connectivity index (χ1v) is 5.35. The predicted molar refractivity (Wildman–Crippen MR) is 61.0 cm³/mol. The van der Waals surface area contributed by atoms with E-state index in [2.05, 4.69) is 6.92 Å². The number of carbonyl (C=O) groups excluding carboxylic acids is 1. The van der Waals surface area contributed by atoms with Crippen molar-refractivity contribution in [3.63, 3.8) is 0 Å². The van der Waals surface area contributed by atoms with Gasteiger partial charge < -0.3 is 4.90 Å². The Kier molecular flexibility index (Phi) is 2.86. The summed E-state index contributed by atoms with van der Waals surface area (Å²) < 4.78 is 0. The average Bonchev–Trinajstić information content (AvgIpc) is 2.29. The third-order valence-corrected chi connectivity index (χ3v) is 2.79. The lowest BCUT2D eigenvalue weighted by Gasteiger charge is -2.35. The molecule has 1 fully saturated rings. The predicted octanol–water partition coefficient (Wildman–Crippen LogP) is 2.53. The van der Waals surface area contributed by atoms with Crippen LogP contribution in [0.2, 0.25) is 0 Å². The molecular weight excluding hydrogens is 186 g/mol. The topological polar surface area (TPSA) is 20.3 Å². The van der Waals surface area contributed by atoms with Gasteiger partial charge in [0.15, 0.2) is 0 Å². The van der Waals surface area contributed by atoms with Gasteiger partial charge in [0.1, 0.15) is 0 Å². The summed E-state index contributed by atoms with van der Waals surface area (Å²) in [5, 5.41) is 0. The molecule has 1 heterocycles. The Morgan fingerprint density at radius 3 is 2.73 bits per heavy atom. The van der Waals surface area contributed by atoms with Gasteiger partial charge in [-0.3, -0.25) is 4.79 Å². The average molecular weight is 201 g/mol. The molecule has 0 bridgehead atoms. The third kappa shape index (κ3) is 2.09. The van der Waals surface area contributed by atoms with E-state index in [9.17, 15) is 4.79 Å². The van der Waals surface area contributed by atoms with Gasteiger partial charge in [-0.15, -0.1) is 0 Å². The van der Waals surface area contributed by atoms with Crippen LogP contribution < -0.4 is 0 Å². The van der Waals surface area contributed by atoms with Gasteiger partial charge in [0.25, 0.3) is 0 Å². The second-order valence-electron chi connectivity index (χ2n) is 3.82. The van der Waals surface area contributed by atoms with Crippen LogP contribution in [0.15, 0.2) is 36.5 Å². The summed E-state index contributed by atoms with van der Waals surface area (Å²) in [4.78, 5) is 13.3. The van der Waals surface area contributed by atoms with E-state index in [1.165, 1.54) is 0 Å². The summed E-state index contributed by atoms with van der Waals surface area (Å²) in [6.45, 7) is 2.93. The number of benzene rings is 1. The molecule has 1 aliphatic rings. The molecule has 2 rings (SSSR count). The molecular formula is C13H15NO. The molecule has 0 saturated carbocycles. The van der Waals surface area contributed by atoms with Crippen LogP contribution in [-0.2, 0) is 4.79 Å². The monoisotopic (exact) mass is 201 g/mol. The molecule has 0 aromatic heterocycles. The fourth-order valence-electron chi connectivity index (χ4n) is 1.71. The van der Waals surface area contributed by atoms with E-state index in [0.717, 1.165) is 18.5 Å². The Bertz CT molecular complexity index is 369.